The highest BCUT2D eigenvalue weighted by molar-refractivity contribution is 7.89. The molecule has 0 aliphatic carbocycles. The number of halogens is 1. The summed E-state index contributed by atoms with van der Waals surface area (Å²) < 4.78 is 31.9. The van der Waals surface area contributed by atoms with Gasteiger partial charge in [0.25, 0.3) is 5.91 Å². The van der Waals surface area contributed by atoms with Crippen molar-refractivity contribution in [3.63, 3.8) is 0 Å². The van der Waals surface area contributed by atoms with Gasteiger partial charge in [-0.1, -0.05) is 11.6 Å². The van der Waals surface area contributed by atoms with E-state index < -0.39 is 22.5 Å². The van der Waals surface area contributed by atoms with E-state index in [0.717, 1.165) is 17.4 Å². The molecular formula is C23H29ClN4O5S. The summed E-state index contributed by atoms with van der Waals surface area (Å²) in [6.07, 6.45) is 0. The molecule has 34 heavy (non-hydrogen) atoms. The minimum atomic E-state index is -3.94. The summed E-state index contributed by atoms with van der Waals surface area (Å²) in [5.41, 5.74) is 1.00. The Bertz CT molecular complexity index is 1130. The lowest BCUT2D eigenvalue weighted by Gasteiger charge is -2.32. The second kappa shape index (κ2) is 11.2. The molecule has 0 unspecified atom stereocenters. The maximum atomic E-state index is 12.8. The lowest BCUT2D eigenvalue weighted by atomic mass is 10.1. The van der Waals surface area contributed by atoms with Crippen LogP contribution in [0.3, 0.4) is 0 Å². The topological polar surface area (TPSA) is 99.3 Å². The quantitative estimate of drug-likeness (QED) is 0.588. The van der Waals surface area contributed by atoms with E-state index in [9.17, 15) is 18.0 Å². The highest BCUT2D eigenvalue weighted by atomic mass is 35.5. The van der Waals surface area contributed by atoms with Gasteiger partial charge in [0.2, 0.25) is 15.9 Å². The van der Waals surface area contributed by atoms with Gasteiger partial charge in [-0.3, -0.25) is 9.59 Å². The van der Waals surface area contributed by atoms with Crippen molar-refractivity contribution in [3.8, 4) is 5.75 Å². The van der Waals surface area contributed by atoms with E-state index >= 15 is 0 Å². The van der Waals surface area contributed by atoms with Crippen LogP contribution in [0, 0.1) is 0 Å². The van der Waals surface area contributed by atoms with Crippen molar-refractivity contribution in [2.75, 3.05) is 58.7 Å². The minimum absolute atomic E-state index is 0.0389. The zero-order valence-corrected chi connectivity index (χ0v) is 21.0. The number of hydrogen-bond acceptors (Lipinski definition) is 6. The highest BCUT2D eigenvalue weighted by Crippen LogP contribution is 2.28. The molecule has 0 saturated carbocycles. The van der Waals surface area contributed by atoms with E-state index in [1.165, 1.54) is 25.2 Å². The number of carbonyl (C=O) groups is 2. The Morgan fingerprint density at radius 2 is 1.74 bits per heavy atom. The molecule has 2 aromatic rings. The second-order valence-corrected chi connectivity index (χ2v) is 10.5. The van der Waals surface area contributed by atoms with Crippen LogP contribution >= 0.6 is 11.6 Å². The number of likely N-dealkylation sites (N-methyl/N-ethyl adjacent to an activating group) is 2. The highest BCUT2D eigenvalue weighted by Gasteiger charge is 2.24. The zero-order chi connectivity index (χ0) is 24.9. The molecule has 2 aromatic carbocycles. The molecule has 11 heteroatoms. The molecule has 0 atom stereocenters. The fourth-order valence-electron chi connectivity index (χ4n) is 3.47. The third-order valence-electron chi connectivity index (χ3n) is 5.48. The van der Waals surface area contributed by atoms with Gasteiger partial charge in [0, 0.05) is 44.5 Å². The molecule has 0 bridgehead atoms. The van der Waals surface area contributed by atoms with E-state index in [1.807, 2.05) is 7.05 Å². The first-order chi connectivity index (χ1) is 16.1. The van der Waals surface area contributed by atoms with Crippen molar-refractivity contribution in [1.82, 2.24) is 14.1 Å². The van der Waals surface area contributed by atoms with Crippen molar-refractivity contribution >= 4 is 39.1 Å². The van der Waals surface area contributed by atoms with Crippen LogP contribution in [0.4, 0.5) is 5.69 Å². The summed E-state index contributed by atoms with van der Waals surface area (Å²) in [6, 6.07) is 10.7. The lowest BCUT2D eigenvalue weighted by Crippen LogP contribution is -2.47. The van der Waals surface area contributed by atoms with Crippen LogP contribution in [-0.4, -0.2) is 87.8 Å². The van der Waals surface area contributed by atoms with Crippen molar-refractivity contribution in [3.05, 3.63) is 53.1 Å². The molecule has 1 heterocycles. The van der Waals surface area contributed by atoms with Crippen LogP contribution in [0.1, 0.15) is 17.3 Å². The summed E-state index contributed by atoms with van der Waals surface area (Å²) in [4.78, 5) is 29.0. The smallest absolute Gasteiger partial charge is 0.253 e. The molecular weight excluding hydrogens is 480 g/mol. The first-order valence-corrected chi connectivity index (χ1v) is 12.7. The summed E-state index contributed by atoms with van der Waals surface area (Å²) in [6.45, 7) is 4.82. The Labute approximate surface area is 205 Å². The number of anilines is 1. The normalized spacial score (nSPS) is 14.8. The Kier molecular flexibility index (Phi) is 8.53. The minimum Gasteiger partial charge on any atom is -0.492 e. The Balaban J connectivity index is 1.59. The van der Waals surface area contributed by atoms with Gasteiger partial charge in [-0.15, -0.1) is 0 Å². The molecule has 0 radical (unpaired) electrons. The Hall–Kier alpha value is -2.66. The largest absolute Gasteiger partial charge is 0.492 e. The van der Waals surface area contributed by atoms with Crippen LogP contribution in [-0.2, 0) is 14.8 Å². The number of carbonyl (C=O) groups excluding carboxylic acids is 2. The number of rotatable bonds is 8. The van der Waals surface area contributed by atoms with Crippen molar-refractivity contribution in [1.29, 1.82) is 0 Å². The summed E-state index contributed by atoms with van der Waals surface area (Å²) in [5, 5.41) is 2.84. The molecule has 3 rings (SSSR count). The van der Waals surface area contributed by atoms with Crippen molar-refractivity contribution < 1.29 is 22.7 Å². The van der Waals surface area contributed by atoms with Crippen LogP contribution in [0.2, 0.25) is 5.02 Å². The van der Waals surface area contributed by atoms with Crippen LogP contribution in [0.5, 0.6) is 5.75 Å². The average molecular weight is 509 g/mol. The molecule has 1 N–H and O–H groups in total. The van der Waals surface area contributed by atoms with E-state index in [-0.39, 0.29) is 15.8 Å². The number of sulfonamides is 1. The number of nitrogens with zero attached hydrogens (tertiary/aromatic N) is 3. The molecule has 9 nitrogen and oxygen atoms in total. The molecule has 184 valence electrons. The molecule has 0 aromatic heterocycles. The van der Waals surface area contributed by atoms with E-state index in [0.29, 0.717) is 36.7 Å². The van der Waals surface area contributed by atoms with Gasteiger partial charge in [-0.05, 0) is 56.4 Å². The summed E-state index contributed by atoms with van der Waals surface area (Å²) >= 11 is 6.11. The van der Waals surface area contributed by atoms with Crippen molar-refractivity contribution in [2.45, 2.75) is 11.8 Å². The van der Waals surface area contributed by atoms with Crippen LogP contribution in [0.15, 0.2) is 47.4 Å². The number of amides is 2. The molecule has 0 spiro atoms. The first-order valence-electron chi connectivity index (χ1n) is 10.9. The third-order valence-corrected chi connectivity index (χ3v) is 7.58. The lowest BCUT2D eigenvalue weighted by molar-refractivity contribution is -0.116. The molecule has 1 fully saturated rings. The fourth-order valence-corrected chi connectivity index (χ4v) is 4.92. The Morgan fingerprint density at radius 1 is 1.09 bits per heavy atom. The maximum Gasteiger partial charge on any atom is 0.253 e. The van der Waals surface area contributed by atoms with Gasteiger partial charge in [0.05, 0.1) is 23.1 Å². The molecule has 1 aliphatic rings. The van der Waals surface area contributed by atoms with E-state index in [2.05, 4.69) is 10.2 Å². The summed E-state index contributed by atoms with van der Waals surface area (Å²) in [7, 11) is -0.596. The number of nitrogens with one attached hydrogen (secondary N) is 1. The van der Waals surface area contributed by atoms with Crippen molar-refractivity contribution in [2.24, 2.45) is 0 Å². The Morgan fingerprint density at radius 3 is 2.32 bits per heavy atom. The first kappa shape index (κ1) is 26.0. The SMILES string of the molecule is CCOc1ccc(S(=O)(=O)N(C)CC(=O)Nc2ccc(C(=O)N3CCN(C)CC3)cc2)cc1Cl. The number of piperazine rings is 1. The summed E-state index contributed by atoms with van der Waals surface area (Å²) in [5.74, 6) is -0.176. The number of hydrogen-bond donors (Lipinski definition) is 1. The van der Waals surface area contributed by atoms with Gasteiger partial charge < -0.3 is 19.9 Å². The fraction of sp³-hybridized carbons (Fsp3) is 0.391. The maximum absolute atomic E-state index is 12.8. The van der Waals surface area contributed by atoms with Crippen LogP contribution in [0.25, 0.3) is 0 Å². The predicted molar refractivity (Wildman–Crippen MR) is 131 cm³/mol. The second-order valence-electron chi connectivity index (χ2n) is 8.01. The van der Waals surface area contributed by atoms with Gasteiger partial charge in [0.15, 0.2) is 0 Å². The van der Waals surface area contributed by atoms with Gasteiger partial charge in [-0.25, -0.2) is 8.42 Å². The predicted octanol–water partition coefficient (Wildman–Crippen LogP) is 2.39. The van der Waals surface area contributed by atoms with E-state index in [1.54, 1.807) is 36.1 Å². The average Bonchev–Trinajstić information content (AvgIpc) is 2.81. The number of ether oxygens (including phenoxy) is 1. The third kappa shape index (κ3) is 6.26. The standard InChI is InChI=1S/C23H29ClN4O5S/c1-4-33-21-10-9-19(15-20(21)24)34(31,32)27(3)16-22(29)25-18-7-5-17(6-8-18)23(30)28-13-11-26(2)12-14-28/h5-10,15H,4,11-14,16H2,1-3H3,(H,25,29). The number of benzene rings is 2. The van der Waals surface area contributed by atoms with Crippen LogP contribution < -0.4 is 10.1 Å². The van der Waals surface area contributed by atoms with Gasteiger partial charge >= 0.3 is 0 Å². The van der Waals surface area contributed by atoms with Gasteiger partial charge in [0.1, 0.15) is 5.75 Å². The molecule has 2 amide bonds. The monoisotopic (exact) mass is 508 g/mol. The molecule has 1 saturated heterocycles. The molecule has 1 aliphatic heterocycles. The zero-order valence-electron chi connectivity index (χ0n) is 19.5. The van der Waals surface area contributed by atoms with E-state index in [4.69, 9.17) is 16.3 Å². The van der Waals surface area contributed by atoms with Gasteiger partial charge in [-0.2, -0.15) is 4.31 Å².